The molecule has 8 nitrogen and oxygen atoms in total. The average Bonchev–Trinajstić information content (AvgIpc) is 2.80. The topological polar surface area (TPSA) is 104 Å². The van der Waals surface area contributed by atoms with Crippen LogP contribution >= 0.6 is 0 Å². The van der Waals surface area contributed by atoms with Gasteiger partial charge >= 0.3 is 0 Å². The van der Waals surface area contributed by atoms with Crippen LogP contribution in [-0.4, -0.2) is 47.3 Å². The number of nitrogens with zero attached hydrogens (tertiary/aromatic N) is 5. The van der Waals surface area contributed by atoms with E-state index >= 15 is 0 Å². The summed E-state index contributed by atoms with van der Waals surface area (Å²) in [4.78, 5) is 18.5. The number of amides is 1. The second-order valence-electron chi connectivity index (χ2n) is 7.01. The van der Waals surface area contributed by atoms with Gasteiger partial charge in [0, 0.05) is 32.3 Å². The smallest absolute Gasteiger partial charge is 0.291 e. The van der Waals surface area contributed by atoms with Gasteiger partial charge in [-0.15, -0.1) is 5.10 Å². The molecule has 30 heavy (non-hydrogen) atoms. The number of methoxy groups -OCH3 is 1. The van der Waals surface area contributed by atoms with Crippen LogP contribution in [0.3, 0.4) is 0 Å². The van der Waals surface area contributed by atoms with Gasteiger partial charge in [0.2, 0.25) is 5.82 Å². The highest BCUT2D eigenvalue weighted by Gasteiger charge is 2.26. The number of aromatic nitrogens is 3. The Kier molecular flexibility index (Phi) is 8.54. The highest BCUT2D eigenvalue weighted by molar-refractivity contribution is 5.90. The largest absolute Gasteiger partial charge is 0.495 e. The third kappa shape index (κ3) is 5.66. The van der Waals surface area contributed by atoms with Crippen molar-refractivity contribution >= 4 is 11.6 Å². The number of carbonyl (C=O) groups excluding carboxylic acids is 1. The molecule has 0 aliphatic heterocycles. The molecule has 1 aliphatic carbocycles. The number of anilines is 1. The molecule has 0 unspecified atom stereocenters. The molecule has 1 N–H and O–H groups in total. The number of ether oxygens (including phenoxy) is 1. The molecule has 1 saturated carbocycles. The Balaban J connectivity index is 0.00000156. The lowest BCUT2D eigenvalue weighted by Crippen LogP contribution is -2.43. The fourth-order valence-electron chi connectivity index (χ4n) is 3.50. The van der Waals surface area contributed by atoms with Crippen molar-refractivity contribution in [2.24, 2.45) is 0 Å². The van der Waals surface area contributed by atoms with E-state index in [0.717, 1.165) is 31.4 Å². The van der Waals surface area contributed by atoms with Crippen molar-refractivity contribution in [1.82, 2.24) is 20.5 Å². The van der Waals surface area contributed by atoms with Crippen LogP contribution in [0.1, 0.15) is 62.8 Å². The molecule has 1 aliphatic rings. The van der Waals surface area contributed by atoms with E-state index in [2.05, 4.69) is 38.5 Å². The molecular formula is C22H32N6O2. The minimum Gasteiger partial charge on any atom is -0.495 e. The molecule has 1 fully saturated rings. The van der Waals surface area contributed by atoms with Gasteiger partial charge in [0.1, 0.15) is 11.8 Å². The molecule has 3 rings (SSSR count). The molecule has 1 aromatic heterocycles. The van der Waals surface area contributed by atoms with Crippen LogP contribution in [0.15, 0.2) is 24.4 Å². The number of nitriles is 1. The molecule has 0 bridgehead atoms. The van der Waals surface area contributed by atoms with Crippen LogP contribution in [0.25, 0.3) is 0 Å². The van der Waals surface area contributed by atoms with Crippen LogP contribution in [0.4, 0.5) is 5.69 Å². The SMILES string of the molecule is CC.COc1cc(N(C)C2CCC(NC(=O)c3ncc(C)nn3)CC2)ccc1C#N.[HH]. The molecule has 0 atom stereocenters. The summed E-state index contributed by atoms with van der Waals surface area (Å²) in [5.74, 6) is 0.412. The van der Waals surface area contributed by atoms with Gasteiger partial charge in [-0.05, 0) is 44.7 Å². The monoisotopic (exact) mass is 412 g/mol. The standard InChI is InChI=1S/C20H24N6O2.C2H6.H2/c1-13-12-22-19(25-24-13)20(27)23-15-5-8-16(9-6-15)26(2)17-7-4-14(11-21)18(10-17)28-3;1-2;/h4,7,10,12,15-16H,5-6,8-9H2,1-3H3,(H,23,27);1-2H3;1H. The molecule has 0 radical (unpaired) electrons. The molecule has 162 valence electrons. The van der Waals surface area contributed by atoms with E-state index in [9.17, 15) is 4.79 Å². The summed E-state index contributed by atoms with van der Waals surface area (Å²) in [6, 6.07) is 8.23. The second-order valence-corrected chi connectivity index (χ2v) is 7.01. The van der Waals surface area contributed by atoms with Crippen molar-refractivity contribution in [2.75, 3.05) is 19.1 Å². The highest BCUT2D eigenvalue weighted by atomic mass is 16.5. The fraction of sp³-hybridized carbons (Fsp3) is 0.500. The number of nitrogens with one attached hydrogen (secondary N) is 1. The van der Waals surface area contributed by atoms with E-state index in [-0.39, 0.29) is 19.2 Å². The van der Waals surface area contributed by atoms with E-state index < -0.39 is 0 Å². The third-order valence-electron chi connectivity index (χ3n) is 5.17. The van der Waals surface area contributed by atoms with Crippen molar-refractivity contribution in [3.8, 4) is 11.8 Å². The van der Waals surface area contributed by atoms with Gasteiger partial charge in [-0.2, -0.15) is 10.4 Å². The summed E-state index contributed by atoms with van der Waals surface area (Å²) in [6.45, 7) is 5.78. The van der Waals surface area contributed by atoms with E-state index in [1.165, 1.54) is 0 Å². The lowest BCUT2D eigenvalue weighted by Gasteiger charge is -2.36. The first-order valence-corrected chi connectivity index (χ1v) is 10.3. The maximum Gasteiger partial charge on any atom is 0.291 e. The quantitative estimate of drug-likeness (QED) is 0.801. The number of aryl methyl sites for hydroxylation is 1. The molecule has 1 heterocycles. The molecule has 0 spiro atoms. The zero-order chi connectivity index (χ0) is 22.1. The minimum absolute atomic E-state index is 0. The van der Waals surface area contributed by atoms with E-state index in [1.807, 2.05) is 26.0 Å². The lowest BCUT2D eigenvalue weighted by molar-refractivity contribution is 0.0913. The Morgan fingerprint density at radius 3 is 2.53 bits per heavy atom. The van der Waals surface area contributed by atoms with Crippen LogP contribution in [0, 0.1) is 18.3 Å². The Morgan fingerprint density at radius 2 is 1.97 bits per heavy atom. The number of rotatable bonds is 5. The van der Waals surface area contributed by atoms with Crippen molar-refractivity contribution in [3.05, 3.63) is 41.5 Å². The van der Waals surface area contributed by atoms with Gasteiger partial charge in [-0.3, -0.25) is 4.79 Å². The summed E-state index contributed by atoms with van der Waals surface area (Å²) in [5, 5.41) is 19.9. The number of carbonyl (C=O) groups is 1. The van der Waals surface area contributed by atoms with E-state index in [0.29, 0.717) is 23.0 Å². The zero-order valence-electron chi connectivity index (χ0n) is 18.3. The summed E-state index contributed by atoms with van der Waals surface area (Å²) >= 11 is 0. The maximum absolute atomic E-state index is 12.3. The van der Waals surface area contributed by atoms with Crippen LogP contribution < -0.4 is 15.0 Å². The summed E-state index contributed by atoms with van der Waals surface area (Å²) in [6.07, 6.45) is 5.22. The first kappa shape index (κ1) is 23.1. The molecule has 8 heteroatoms. The van der Waals surface area contributed by atoms with Gasteiger partial charge in [0.25, 0.3) is 5.91 Å². The molecule has 1 amide bonds. The van der Waals surface area contributed by atoms with E-state index in [1.54, 1.807) is 26.3 Å². The number of benzene rings is 1. The maximum atomic E-state index is 12.3. The van der Waals surface area contributed by atoms with Crippen LogP contribution in [-0.2, 0) is 0 Å². The fourth-order valence-corrected chi connectivity index (χ4v) is 3.50. The summed E-state index contributed by atoms with van der Waals surface area (Å²) in [5.41, 5.74) is 2.22. The first-order chi connectivity index (χ1) is 14.5. The van der Waals surface area contributed by atoms with Gasteiger partial charge in [-0.1, -0.05) is 13.8 Å². The first-order valence-electron chi connectivity index (χ1n) is 10.3. The predicted molar refractivity (Wildman–Crippen MR) is 118 cm³/mol. The number of hydrogen-bond acceptors (Lipinski definition) is 7. The molecular weight excluding hydrogens is 380 g/mol. The third-order valence-corrected chi connectivity index (χ3v) is 5.17. The summed E-state index contributed by atoms with van der Waals surface area (Å²) in [7, 11) is 3.62. The van der Waals surface area contributed by atoms with Gasteiger partial charge in [0.15, 0.2) is 0 Å². The van der Waals surface area contributed by atoms with Crippen molar-refractivity contribution in [3.63, 3.8) is 0 Å². The van der Waals surface area contributed by atoms with Crippen molar-refractivity contribution in [2.45, 2.75) is 58.5 Å². The predicted octanol–water partition coefficient (Wildman–Crippen LogP) is 3.51. The second kappa shape index (κ2) is 11.1. The van der Waals surface area contributed by atoms with E-state index in [4.69, 9.17) is 10.00 Å². The van der Waals surface area contributed by atoms with Crippen molar-refractivity contribution < 1.29 is 11.0 Å². The Labute approximate surface area is 179 Å². The zero-order valence-corrected chi connectivity index (χ0v) is 18.3. The Hall–Kier alpha value is -3.21. The lowest BCUT2D eigenvalue weighted by atomic mass is 9.90. The van der Waals surface area contributed by atoms with Gasteiger partial charge in [0.05, 0.1) is 24.6 Å². The Bertz CT molecular complexity index is 877. The van der Waals surface area contributed by atoms with Gasteiger partial charge < -0.3 is 15.0 Å². The normalized spacial score (nSPS) is 17.7. The van der Waals surface area contributed by atoms with Crippen molar-refractivity contribution in [1.29, 1.82) is 5.26 Å². The molecule has 1 aromatic carbocycles. The summed E-state index contributed by atoms with van der Waals surface area (Å²) < 4.78 is 5.31. The highest BCUT2D eigenvalue weighted by Crippen LogP contribution is 2.30. The minimum atomic E-state index is -0.277. The Morgan fingerprint density at radius 1 is 1.27 bits per heavy atom. The molecule has 2 aromatic rings. The number of hydrogen-bond donors (Lipinski definition) is 1. The van der Waals surface area contributed by atoms with Gasteiger partial charge in [-0.25, -0.2) is 4.98 Å². The van der Waals surface area contributed by atoms with Crippen LogP contribution in [0.5, 0.6) is 5.75 Å². The molecule has 0 saturated heterocycles. The average molecular weight is 413 g/mol. The van der Waals surface area contributed by atoms with Crippen LogP contribution in [0.2, 0.25) is 0 Å².